The number of aliphatic imine (C=N–C) groups is 1. The number of likely N-dealkylation sites (N-methyl/N-ethyl adjacent to an activating group) is 1. The molecule has 124 valence electrons. The Hall–Kier alpha value is -1.34. The van der Waals surface area contributed by atoms with Gasteiger partial charge in [0.15, 0.2) is 11.0 Å². The summed E-state index contributed by atoms with van der Waals surface area (Å²) in [6.07, 6.45) is 1.49. The van der Waals surface area contributed by atoms with Crippen LogP contribution in [0.5, 0.6) is 0 Å². The predicted molar refractivity (Wildman–Crippen MR) is 92.0 cm³/mol. The molecule has 0 atom stereocenters. The Morgan fingerprint density at radius 2 is 1.59 bits per heavy atom. The normalized spacial score (nSPS) is 17.4. The maximum Gasteiger partial charge on any atom is 0.246 e. The van der Waals surface area contributed by atoms with Gasteiger partial charge in [-0.1, -0.05) is 13.8 Å². The van der Waals surface area contributed by atoms with E-state index in [2.05, 4.69) is 23.7 Å². The Morgan fingerprint density at radius 1 is 1.09 bits per heavy atom. The summed E-state index contributed by atoms with van der Waals surface area (Å²) >= 11 is 5.21. The molecule has 1 rings (SSSR count). The van der Waals surface area contributed by atoms with Gasteiger partial charge >= 0.3 is 0 Å². The second-order valence-corrected chi connectivity index (χ2v) is 5.37. The van der Waals surface area contributed by atoms with Crippen molar-refractivity contribution in [2.45, 2.75) is 27.7 Å². The van der Waals surface area contributed by atoms with Gasteiger partial charge in [-0.05, 0) is 39.2 Å². The van der Waals surface area contributed by atoms with Crippen molar-refractivity contribution in [3.63, 3.8) is 0 Å². The van der Waals surface area contributed by atoms with Crippen molar-refractivity contribution in [1.82, 2.24) is 14.7 Å². The number of nitrogens with zero attached hydrogens (tertiary/aromatic N) is 4. The Labute approximate surface area is 138 Å². The second kappa shape index (κ2) is 8.95. The molecule has 22 heavy (non-hydrogen) atoms. The Morgan fingerprint density at radius 3 is 2.00 bits per heavy atom. The number of hydrogen-bond acceptors (Lipinski definition) is 5. The first-order chi connectivity index (χ1) is 10.5. The van der Waals surface area contributed by atoms with E-state index in [-0.39, 0.29) is 11.8 Å². The van der Waals surface area contributed by atoms with Crippen molar-refractivity contribution in [2.75, 3.05) is 39.3 Å². The van der Waals surface area contributed by atoms with Gasteiger partial charge in [0.05, 0.1) is 6.54 Å². The van der Waals surface area contributed by atoms with Crippen LogP contribution in [0.4, 0.5) is 0 Å². The lowest BCUT2D eigenvalue weighted by atomic mass is 10.1. The maximum absolute atomic E-state index is 12.4. The number of thiocarbonyl (C=S) groups is 1. The molecule has 6 nitrogen and oxygen atoms in total. The SMILES string of the molecule is CCN(CC)CCN=CC1C(=O)N(CC)C(=S)N(CC)C1=O. The molecule has 2 amide bonds. The maximum atomic E-state index is 12.4. The summed E-state index contributed by atoms with van der Waals surface area (Å²) in [4.78, 5) is 34.2. The minimum Gasteiger partial charge on any atom is -0.302 e. The molecule has 0 aromatic carbocycles. The van der Waals surface area contributed by atoms with Gasteiger partial charge in [-0.3, -0.25) is 24.4 Å². The van der Waals surface area contributed by atoms with E-state index in [4.69, 9.17) is 12.2 Å². The molecule has 0 bridgehead atoms. The van der Waals surface area contributed by atoms with E-state index in [0.717, 1.165) is 19.6 Å². The van der Waals surface area contributed by atoms with Crippen LogP contribution in [0.2, 0.25) is 0 Å². The molecular formula is C15H26N4O2S. The minimum atomic E-state index is -0.844. The summed E-state index contributed by atoms with van der Waals surface area (Å²) in [5.41, 5.74) is 0. The van der Waals surface area contributed by atoms with Crippen LogP contribution in [0.1, 0.15) is 27.7 Å². The second-order valence-electron chi connectivity index (χ2n) is 5.01. The molecule has 1 fully saturated rings. The van der Waals surface area contributed by atoms with Crippen LogP contribution < -0.4 is 0 Å². The van der Waals surface area contributed by atoms with Crippen LogP contribution in [-0.2, 0) is 9.59 Å². The Kier molecular flexibility index (Phi) is 7.61. The van der Waals surface area contributed by atoms with Gasteiger partial charge in [0, 0.05) is 25.8 Å². The summed E-state index contributed by atoms with van der Waals surface area (Å²) in [7, 11) is 0. The third kappa shape index (κ3) is 4.10. The highest BCUT2D eigenvalue weighted by Gasteiger charge is 2.41. The first-order valence-electron chi connectivity index (χ1n) is 7.90. The minimum absolute atomic E-state index is 0.270. The highest BCUT2D eigenvalue weighted by Crippen LogP contribution is 2.16. The first kappa shape index (κ1) is 18.7. The zero-order valence-electron chi connectivity index (χ0n) is 13.9. The summed E-state index contributed by atoms with van der Waals surface area (Å²) < 4.78 is 0. The molecule has 0 aromatic rings. The predicted octanol–water partition coefficient (Wildman–Crippen LogP) is 1.01. The van der Waals surface area contributed by atoms with Crippen molar-refractivity contribution in [3.8, 4) is 0 Å². The van der Waals surface area contributed by atoms with Gasteiger partial charge in [0.25, 0.3) is 0 Å². The van der Waals surface area contributed by atoms with Crippen LogP contribution in [0, 0.1) is 5.92 Å². The summed E-state index contributed by atoms with van der Waals surface area (Å²) in [6.45, 7) is 12.2. The van der Waals surface area contributed by atoms with Gasteiger partial charge in [0.2, 0.25) is 11.8 Å². The molecule has 1 heterocycles. The van der Waals surface area contributed by atoms with E-state index >= 15 is 0 Å². The summed E-state index contributed by atoms with van der Waals surface area (Å²) in [6, 6.07) is 0. The van der Waals surface area contributed by atoms with Crippen molar-refractivity contribution in [3.05, 3.63) is 0 Å². The van der Waals surface area contributed by atoms with Crippen molar-refractivity contribution >= 4 is 35.4 Å². The van der Waals surface area contributed by atoms with Crippen LogP contribution in [0.15, 0.2) is 4.99 Å². The summed E-state index contributed by atoms with van der Waals surface area (Å²) in [5, 5.41) is 0.299. The van der Waals surface area contributed by atoms with E-state index in [0.29, 0.717) is 24.7 Å². The van der Waals surface area contributed by atoms with Crippen molar-refractivity contribution < 1.29 is 9.59 Å². The fraction of sp³-hybridized carbons (Fsp3) is 0.733. The van der Waals surface area contributed by atoms with E-state index < -0.39 is 5.92 Å². The first-order valence-corrected chi connectivity index (χ1v) is 8.31. The molecule has 7 heteroatoms. The van der Waals surface area contributed by atoms with Gasteiger partial charge in [-0.25, -0.2) is 0 Å². The van der Waals surface area contributed by atoms with Gasteiger partial charge in [-0.2, -0.15) is 0 Å². The Balaban J connectivity index is 2.76. The third-order valence-corrected chi connectivity index (χ3v) is 4.29. The largest absolute Gasteiger partial charge is 0.302 e. The standard InChI is InChI=1S/C15H26N4O2S/c1-5-17(6-2)10-9-16-11-12-13(20)18(7-3)15(22)19(8-4)14(12)21/h11-12H,5-10H2,1-4H3. The van der Waals surface area contributed by atoms with Crippen LogP contribution in [-0.4, -0.2) is 77.1 Å². The number of carbonyl (C=O) groups excluding carboxylic acids is 2. The molecular weight excluding hydrogens is 300 g/mol. The van der Waals surface area contributed by atoms with Crippen LogP contribution in [0.25, 0.3) is 0 Å². The molecule has 0 radical (unpaired) electrons. The average molecular weight is 326 g/mol. The molecule has 0 unspecified atom stereocenters. The molecule has 0 aliphatic carbocycles. The fourth-order valence-corrected chi connectivity index (χ4v) is 2.84. The van der Waals surface area contributed by atoms with E-state index in [1.54, 1.807) is 0 Å². The molecule has 0 N–H and O–H groups in total. The molecule has 0 spiro atoms. The van der Waals surface area contributed by atoms with Crippen LogP contribution >= 0.6 is 12.2 Å². The zero-order chi connectivity index (χ0) is 16.7. The molecule has 0 aromatic heterocycles. The monoisotopic (exact) mass is 326 g/mol. The van der Waals surface area contributed by atoms with E-state index in [1.807, 2.05) is 13.8 Å². The van der Waals surface area contributed by atoms with E-state index in [1.165, 1.54) is 16.0 Å². The van der Waals surface area contributed by atoms with Crippen molar-refractivity contribution in [1.29, 1.82) is 0 Å². The molecule has 1 aliphatic heterocycles. The Bertz CT molecular complexity index is 423. The van der Waals surface area contributed by atoms with Gasteiger partial charge in [-0.15, -0.1) is 0 Å². The topological polar surface area (TPSA) is 56.2 Å². The third-order valence-electron chi connectivity index (χ3n) is 3.85. The van der Waals surface area contributed by atoms with Crippen LogP contribution in [0.3, 0.4) is 0 Å². The van der Waals surface area contributed by atoms with Crippen molar-refractivity contribution in [2.24, 2.45) is 10.9 Å². The number of carbonyl (C=O) groups is 2. The van der Waals surface area contributed by atoms with Gasteiger partial charge in [0.1, 0.15) is 0 Å². The summed E-state index contributed by atoms with van der Waals surface area (Å²) in [5.74, 6) is -1.38. The highest BCUT2D eigenvalue weighted by molar-refractivity contribution is 7.80. The quantitative estimate of drug-likeness (QED) is 0.379. The lowest BCUT2D eigenvalue weighted by molar-refractivity contribution is -0.143. The number of rotatable bonds is 8. The number of amides is 2. The fourth-order valence-electron chi connectivity index (χ4n) is 2.40. The zero-order valence-corrected chi connectivity index (χ0v) is 14.7. The lowest BCUT2D eigenvalue weighted by Crippen LogP contribution is -2.59. The van der Waals surface area contributed by atoms with Gasteiger partial charge < -0.3 is 4.90 Å². The van der Waals surface area contributed by atoms with E-state index in [9.17, 15) is 9.59 Å². The lowest BCUT2D eigenvalue weighted by Gasteiger charge is -2.37. The molecule has 1 saturated heterocycles. The molecule has 1 aliphatic rings. The smallest absolute Gasteiger partial charge is 0.246 e. The molecule has 0 saturated carbocycles. The highest BCUT2D eigenvalue weighted by atomic mass is 32.1. The average Bonchev–Trinajstić information content (AvgIpc) is 2.51. The number of hydrogen-bond donors (Lipinski definition) is 0.